The molecule has 0 spiro atoms. The molecule has 0 aliphatic rings. The van der Waals surface area contributed by atoms with Gasteiger partial charge in [-0.15, -0.1) is 10.2 Å². The molecule has 0 radical (unpaired) electrons. The highest BCUT2D eigenvalue weighted by molar-refractivity contribution is 7.15. The maximum atomic E-state index is 12.8. The Bertz CT molecular complexity index is 622. The summed E-state index contributed by atoms with van der Waals surface area (Å²) in [4.78, 5) is 11.9. The fourth-order valence-corrected chi connectivity index (χ4v) is 2.58. The monoisotopic (exact) mass is 307 g/mol. The van der Waals surface area contributed by atoms with Crippen molar-refractivity contribution in [3.63, 3.8) is 0 Å². The zero-order valence-corrected chi connectivity index (χ0v) is 13.1. The third kappa shape index (κ3) is 4.07. The largest absolute Gasteiger partial charge is 0.300 e. The van der Waals surface area contributed by atoms with Gasteiger partial charge in [-0.05, 0) is 24.1 Å². The van der Waals surface area contributed by atoms with Crippen molar-refractivity contribution in [2.45, 2.75) is 39.0 Å². The summed E-state index contributed by atoms with van der Waals surface area (Å²) >= 11 is 1.39. The summed E-state index contributed by atoms with van der Waals surface area (Å²) in [5, 5.41) is 12.3. The Morgan fingerprint density at radius 3 is 2.57 bits per heavy atom. The molecule has 2 aromatic rings. The molecule has 6 heteroatoms. The molecule has 0 saturated carbocycles. The van der Waals surface area contributed by atoms with Gasteiger partial charge >= 0.3 is 0 Å². The van der Waals surface area contributed by atoms with Crippen LogP contribution in [0, 0.1) is 5.82 Å². The second kappa shape index (κ2) is 6.30. The van der Waals surface area contributed by atoms with Crippen LogP contribution in [0.5, 0.6) is 0 Å². The number of hydrogen-bond acceptors (Lipinski definition) is 4. The average Bonchev–Trinajstić information content (AvgIpc) is 2.90. The fourth-order valence-electron chi connectivity index (χ4n) is 1.65. The first kappa shape index (κ1) is 15.6. The molecule has 0 fully saturated rings. The SMILES string of the molecule is CCC(C)(C)c1nnc(NC(=O)Cc2ccc(F)cc2)s1. The Kier molecular flexibility index (Phi) is 4.67. The lowest BCUT2D eigenvalue weighted by molar-refractivity contribution is -0.115. The molecule has 112 valence electrons. The number of rotatable bonds is 5. The number of carbonyl (C=O) groups is 1. The lowest BCUT2D eigenvalue weighted by Gasteiger charge is -2.17. The van der Waals surface area contributed by atoms with E-state index in [9.17, 15) is 9.18 Å². The molecule has 0 unspecified atom stereocenters. The molecule has 0 bridgehead atoms. The van der Waals surface area contributed by atoms with Crippen LogP contribution < -0.4 is 5.32 Å². The van der Waals surface area contributed by atoms with Crippen molar-refractivity contribution in [3.05, 3.63) is 40.7 Å². The van der Waals surface area contributed by atoms with Gasteiger partial charge in [0.05, 0.1) is 6.42 Å². The first-order chi connectivity index (χ1) is 9.90. The Morgan fingerprint density at radius 2 is 1.95 bits per heavy atom. The van der Waals surface area contributed by atoms with Gasteiger partial charge in [-0.2, -0.15) is 0 Å². The van der Waals surface area contributed by atoms with Crippen molar-refractivity contribution in [1.82, 2.24) is 10.2 Å². The first-order valence-corrected chi connectivity index (χ1v) is 7.60. The lowest BCUT2D eigenvalue weighted by atomic mass is 9.91. The van der Waals surface area contributed by atoms with E-state index >= 15 is 0 Å². The molecule has 2 rings (SSSR count). The van der Waals surface area contributed by atoms with Crippen LogP contribution in [0.3, 0.4) is 0 Å². The summed E-state index contributed by atoms with van der Waals surface area (Å²) in [5.74, 6) is -0.492. The summed E-state index contributed by atoms with van der Waals surface area (Å²) in [7, 11) is 0. The van der Waals surface area contributed by atoms with Gasteiger partial charge in [0, 0.05) is 5.41 Å². The molecule has 1 aromatic carbocycles. The highest BCUT2D eigenvalue weighted by atomic mass is 32.1. The van der Waals surface area contributed by atoms with Gasteiger partial charge < -0.3 is 5.32 Å². The number of hydrogen-bond donors (Lipinski definition) is 1. The summed E-state index contributed by atoms with van der Waals surface area (Å²) in [6.07, 6.45) is 1.14. The van der Waals surface area contributed by atoms with E-state index in [1.807, 2.05) is 0 Å². The van der Waals surface area contributed by atoms with E-state index in [-0.39, 0.29) is 23.6 Å². The highest BCUT2D eigenvalue weighted by Gasteiger charge is 2.23. The lowest BCUT2D eigenvalue weighted by Crippen LogP contribution is -2.14. The number of aromatic nitrogens is 2. The standard InChI is InChI=1S/C15H18FN3OS/c1-4-15(2,3)13-18-19-14(21-13)17-12(20)9-10-5-7-11(16)8-6-10/h5-8H,4,9H2,1-3H3,(H,17,19,20). The predicted molar refractivity (Wildman–Crippen MR) is 82.0 cm³/mol. The van der Waals surface area contributed by atoms with Crippen molar-refractivity contribution < 1.29 is 9.18 Å². The molecule has 0 saturated heterocycles. The van der Waals surface area contributed by atoms with E-state index < -0.39 is 0 Å². The van der Waals surface area contributed by atoms with Gasteiger partial charge in [-0.25, -0.2) is 4.39 Å². The summed E-state index contributed by atoms with van der Waals surface area (Å²) in [6, 6.07) is 5.88. The number of carbonyl (C=O) groups excluding carboxylic acids is 1. The van der Waals surface area contributed by atoms with Crippen LogP contribution in [0.15, 0.2) is 24.3 Å². The summed E-state index contributed by atoms with van der Waals surface area (Å²) < 4.78 is 12.8. The predicted octanol–water partition coefficient (Wildman–Crippen LogP) is 3.55. The van der Waals surface area contributed by atoms with E-state index in [0.29, 0.717) is 5.13 Å². The molecule has 0 aliphatic heterocycles. The van der Waals surface area contributed by atoms with Gasteiger partial charge in [-0.3, -0.25) is 4.79 Å². The van der Waals surface area contributed by atoms with Gasteiger partial charge in [0.2, 0.25) is 11.0 Å². The average molecular weight is 307 g/mol. The minimum Gasteiger partial charge on any atom is -0.300 e. The van der Waals surface area contributed by atoms with E-state index in [2.05, 4.69) is 36.3 Å². The van der Waals surface area contributed by atoms with E-state index in [4.69, 9.17) is 0 Å². The second-order valence-electron chi connectivity index (χ2n) is 5.50. The van der Waals surface area contributed by atoms with Crippen LogP contribution in [0.4, 0.5) is 9.52 Å². The number of amides is 1. The first-order valence-electron chi connectivity index (χ1n) is 6.79. The smallest absolute Gasteiger partial charge is 0.230 e. The van der Waals surface area contributed by atoms with Gasteiger partial charge in [0.25, 0.3) is 0 Å². The quantitative estimate of drug-likeness (QED) is 0.919. The number of nitrogens with zero attached hydrogens (tertiary/aromatic N) is 2. The molecule has 0 aliphatic carbocycles. The third-order valence-electron chi connectivity index (χ3n) is 3.41. The Balaban J connectivity index is 1.98. The van der Waals surface area contributed by atoms with Gasteiger partial charge in [0.15, 0.2) is 0 Å². The minimum absolute atomic E-state index is 0.0440. The number of nitrogens with one attached hydrogen (secondary N) is 1. The van der Waals surface area contributed by atoms with Crippen LogP contribution in [0.25, 0.3) is 0 Å². The Labute approximate surface area is 127 Å². The summed E-state index contributed by atoms with van der Waals surface area (Å²) in [5.41, 5.74) is 0.713. The molecule has 1 N–H and O–H groups in total. The van der Waals surface area contributed by atoms with Crippen LogP contribution in [-0.2, 0) is 16.6 Å². The minimum atomic E-state index is -0.310. The topological polar surface area (TPSA) is 54.9 Å². The molecule has 21 heavy (non-hydrogen) atoms. The molecule has 4 nitrogen and oxygen atoms in total. The Hall–Kier alpha value is -1.82. The fraction of sp³-hybridized carbons (Fsp3) is 0.400. The maximum Gasteiger partial charge on any atom is 0.230 e. The zero-order valence-electron chi connectivity index (χ0n) is 12.3. The maximum absolute atomic E-state index is 12.8. The van der Waals surface area contributed by atoms with Crippen molar-refractivity contribution in [3.8, 4) is 0 Å². The van der Waals surface area contributed by atoms with Gasteiger partial charge in [0.1, 0.15) is 10.8 Å². The normalized spacial score (nSPS) is 11.4. The van der Waals surface area contributed by atoms with Crippen molar-refractivity contribution in [1.29, 1.82) is 0 Å². The molecular weight excluding hydrogens is 289 g/mol. The van der Waals surface area contributed by atoms with Crippen LogP contribution in [-0.4, -0.2) is 16.1 Å². The van der Waals surface area contributed by atoms with Crippen LogP contribution >= 0.6 is 11.3 Å². The molecule has 0 atom stereocenters. The second-order valence-corrected chi connectivity index (χ2v) is 6.48. The van der Waals surface area contributed by atoms with Crippen LogP contribution in [0.1, 0.15) is 37.8 Å². The molecular formula is C15H18FN3OS. The number of halogens is 1. The van der Waals surface area contributed by atoms with E-state index in [1.54, 1.807) is 12.1 Å². The zero-order chi connectivity index (χ0) is 15.5. The molecule has 1 aromatic heterocycles. The number of benzene rings is 1. The van der Waals surface area contributed by atoms with Crippen molar-refractivity contribution in [2.75, 3.05) is 5.32 Å². The molecule has 1 amide bonds. The van der Waals surface area contributed by atoms with Crippen LogP contribution in [0.2, 0.25) is 0 Å². The van der Waals surface area contributed by atoms with E-state index in [1.165, 1.54) is 23.5 Å². The number of anilines is 1. The van der Waals surface area contributed by atoms with Gasteiger partial charge in [-0.1, -0.05) is 44.2 Å². The van der Waals surface area contributed by atoms with E-state index in [0.717, 1.165) is 17.0 Å². The Morgan fingerprint density at radius 1 is 1.29 bits per heavy atom. The highest BCUT2D eigenvalue weighted by Crippen LogP contribution is 2.30. The molecule has 1 heterocycles. The third-order valence-corrected chi connectivity index (χ3v) is 4.62. The van der Waals surface area contributed by atoms with Crippen molar-refractivity contribution >= 4 is 22.4 Å². The summed E-state index contributed by atoms with van der Waals surface area (Å²) in [6.45, 7) is 6.28. The van der Waals surface area contributed by atoms with Crippen molar-refractivity contribution in [2.24, 2.45) is 0 Å².